The summed E-state index contributed by atoms with van der Waals surface area (Å²) in [7, 11) is -2.67. The van der Waals surface area contributed by atoms with E-state index in [1.807, 2.05) is 0 Å². The fraction of sp³-hybridized carbons (Fsp3) is 0.391. The van der Waals surface area contributed by atoms with E-state index in [1.54, 1.807) is 33.2 Å². The van der Waals surface area contributed by atoms with Crippen molar-refractivity contribution in [2.24, 2.45) is 5.92 Å². The molecule has 10 heteroatoms. The Morgan fingerprint density at radius 3 is 2.42 bits per heavy atom. The Morgan fingerprint density at radius 2 is 1.82 bits per heavy atom. The lowest BCUT2D eigenvalue weighted by atomic mass is 9.93. The molecule has 2 aromatic heterocycles. The molecule has 0 fully saturated rings. The summed E-state index contributed by atoms with van der Waals surface area (Å²) in [4.78, 5) is 24.9. The molecular formula is C23H26F3N4O2P. The van der Waals surface area contributed by atoms with E-state index in [1.165, 1.54) is 32.2 Å². The van der Waals surface area contributed by atoms with Crippen LogP contribution in [0.1, 0.15) is 43.8 Å². The molecule has 0 radical (unpaired) electrons. The van der Waals surface area contributed by atoms with E-state index in [2.05, 4.69) is 20.3 Å². The SMILES string of the molecule is Cc1nc(NC(C)c2cccc(C(F)(F)C(=O)C(C)C)c2F)c2cc(P(C)(C)=O)ncc2n1. The van der Waals surface area contributed by atoms with E-state index in [0.29, 0.717) is 28.0 Å². The number of anilines is 1. The highest BCUT2D eigenvalue weighted by atomic mass is 31.2. The Labute approximate surface area is 190 Å². The van der Waals surface area contributed by atoms with E-state index in [0.717, 1.165) is 6.07 Å². The van der Waals surface area contributed by atoms with Crippen LogP contribution in [0.15, 0.2) is 30.5 Å². The number of hydrogen-bond donors (Lipinski definition) is 1. The zero-order valence-corrected chi connectivity index (χ0v) is 20.2. The van der Waals surface area contributed by atoms with Gasteiger partial charge < -0.3 is 9.88 Å². The highest BCUT2D eigenvalue weighted by molar-refractivity contribution is 7.69. The predicted octanol–water partition coefficient (Wildman–Crippen LogP) is 5.21. The lowest BCUT2D eigenvalue weighted by molar-refractivity contribution is -0.148. The van der Waals surface area contributed by atoms with Crippen LogP contribution in [0.5, 0.6) is 0 Å². The Hall–Kier alpha value is -2.80. The lowest BCUT2D eigenvalue weighted by Gasteiger charge is -2.22. The maximum Gasteiger partial charge on any atom is 0.333 e. The van der Waals surface area contributed by atoms with Crippen LogP contribution in [0.4, 0.5) is 19.0 Å². The fourth-order valence-electron chi connectivity index (χ4n) is 3.45. The van der Waals surface area contributed by atoms with Crippen LogP contribution in [0.25, 0.3) is 10.9 Å². The van der Waals surface area contributed by atoms with E-state index in [4.69, 9.17) is 0 Å². The second kappa shape index (κ2) is 8.86. The molecule has 0 spiro atoms. The van der Waals surface area contributed by atoms with Crippen LogP contribution >= 0.6 is 7.14 Å². The zero-order chi connectivity index (χ0) is 24.7. The molecule has 1 aromatic carbocycles. The van der Waals surface area contributed by atoms with Gasteiger partial charge in [0.05, 0.1) is 23.3 Å². The van der Waals surface area contributed by atoms with E-state index in [9.17, 15) is 18.1 Å². The molecule has 1 unspecified atom stereocenters. The smallest absolute Gasteiger partial charge is 0.333 e. The molecule has 176 valence electrons. The first-order chi connectivity index (χ1) is 15.2. The number of rotatable bonds is 7. The molecule has 0 aliphatic carbocycles. The standard InChI is InChI=1S/C23H26F3N4O2P/c1-12(2)21(31)23(25,26)17-9-7-8-15(20(17)24)13(3)28-22-16-10-19(33(5,6)32)27-11-18(16)29-14(4)30-22/h7-13H,1-6H3,(H,28,29,30). The second-order valence-electron chi connectivity index (χ2n) is 8.70. The van der Waals surface area contributed by atoms with Gasteiger partial charge in [0.25, 0.3) is 0 Å². The Bertz CT molecular complexity index is 1270. The van der Waals surface area contributed by atoms with Crippen molar-refractivity contribution in [3.63, 3.8) is 0 Å². The summed E-state index contributed by atoms with van der Waals surface area (Å²) in [6.45, 7) is 9.14. The highest BCUT2D eigenvalue weighted by Gasteiger charge is 2.44. The summed E-state index contributed by atoms with van der Waals surface area (Å²) >= 11 is 0. The van der Waals surface area contributed by atoms with Gasteiger partial charge in [0.2, 0.25) is 5.78 Å². The van der Waals surface area contributed by atoms with Gasteiger partial charge >= 0.3 is 5.92 Å². The number of nitrogens with one attached hydrogen (secondary N) is 1. The number of Topliss-reactive ketones (excluding diaryl/α,β-unsaturated/α-hetero) is 1. The number of ketones is 1. The monoisotopic (exact) mass is 478 g/mol. The maximum absolute atomic E-state index is 15.2. The van der Waals surface area contributed by atoms with Gasteiger partial charge in [0.15, 0.2) is 0 Å². The third-order valence-corrected chi connectivity index (χ3v) is 6.60. The third-order valence-electron chi connectivity index (χ3n) is 5.25. The van der Waals surface area contributed by atoms with Gasteiger partial charge in [-0.25, -0.2) is 14.4 Å². The maximum atomic E-state index is 15.2. The van der Waals surface area contributed by atoms with E-state index < -0.39 is 42.2 Å². The first-order valence-corrected chi connectivity index (χ1v) is 13.0. The van der Waals surface area contributed by atoms with Crippen LogP contribution in [-0.2, 0) is 15.3 Å². The van der Waals surface area contributed by atoms with Crippen LogP contribution in [-0.4, -0.2) is 34.1 Å². The predicted molar refractivity (Wildman–Crippen MR) is 123 cm³/mol. The minimum absolute atomic E-state index is 0.0425. The molecule has 3 aromatic rings. The number of carbonyl (C=O) groups is 1. The molecule has 1 N–H and O–H groups in total. The Morgan fingerprint density at radius 1 is 1.15 bits per heavy atom. The summed E-state index contributed by atoms with van der Waals surface area (Å²) in [5.41, 5.74) is -0.115. The molecule has 0 saturated carbocycles. The third kappa shape index (κ3) is 4.93. The molecule has 0 amide bonds. The van der Waals surface area contributed by atoms with Crippen molar-refractivity contribution >= 4 is 35.1 Å². The lowest BCUT2D eigenvalue weighted by Crippen LogP contribution is -2.31. The van der Waals surface area contributed by atoms with Crippen LogP contribution in [0.3, 0.4) is 0 Å². The van der Waals surface area contributed by atoms with Crippen LogP contribution in [0.2, 0.25) is 0 Å². The molecule has 2 heterocycles. The zero-order valence-electron chi connectivity index (χ0n) is 19.3. The summed E-state index contributed by atoms with van der Waals surface area (Å²) in [6, 6.07) is 4.44. The Kier molecular flexibility index (Phi) is 6.67. The van der Waals surface area contributed by atoms with Crippen molar-refractivity contribution in [2.45, 2.75) is 39.7 Å². The number of pyridine rings is 1. The minimum Gasteiger partial charge on any atom is -0.363 e. The number of halogens is 3. The quantitative estimate of drug-likeness (QED) is 0.470. The summed E-state index contributed by atoms with van der Waals surface area (Å²) in [5.74, 6) is -6.65. The number of fused-ring (bicyclic) bond motifs is 1. The average molecular weight is 478 g/mol. The van der Waals surface area contributed by atoms with Gasteiger partial charge in [-0.1, -0.05) is 26.0 Å². The van der Waals surface area contributed by atoms with Crippen LogP contribution in [0, 0.1) is 18.7 Å². The molecule has 0 bridgehead atoms. The first-order valence-electron chi connectivity index (χ1n) is 10.4. The number of aryl methyl sites for hydroxylation is 1. The van der Waals surface area contributed by atoms with Gasteiger partial charge in [0, 0.05) is 16.9 Å². The van der Waals surface area contributed by atoms with Crippen LogP contribution < -0.4 is 10.8 Å². The van der Waals surface area contributed by atoms with Crippen molar-refractivity contribution < 1.29 is 22.5 Å². The van der Waals surface area contributed by atoms with Gasteiger partial charge in [-0.15, -0.1) is 0 Å². The largest absolute Gasteiger partial charge is 0.363 e. The first kappa shape index (κ1) is 24.8. The Balaban J connectivity index is 2.06. The number of alkyl halides is 2. The molecule has 6 nitrogen and oxygen atoms in total. The van der Waals surface area contributed by atoms with E-state index in [-0.39, 0.29) is 5.56 Å². The van der Waals surface area contributed by atoms with Crippen molar-refractivity contribution in [1.82, 2.24) is 15.0 Å². The van der Waals surface area contributed by atoms with Crippen molar-refractivity contribution in [3.8, 4) is 0 Å². The normalized spacial score (nSPS) is 13.4. The van der Waals surface area contributed by atoms with E-state index >= 15 is 4.39 Å². The topological polar surface area (TPSA) is 84.8 Å². The van der Waals surface area contributed by atoms with Gasteiger partial charge in [-0.2, -0.15) is 8.78 Å². The molecule has 33 heavy (non-hydrogen) atoms. The molecule has 3 rings (SSSR count). The molecule has 1 atom stereocenters. The second-order valence-corrected chi connectivity index (χ2v) is 11.9. The number of benzene rings is 1. The fourth-order valence-corrected chi connectivity index (χ4v) is 4.22. The number of hydrogen-bond acceptors (Lipinski definition) is 6. The van der Waals surface area contributed by atoms with Gasteiger partial charge in [-0.05, 0) is 39.3 Å². The summed E-state index contributed by atoms with van der Waals surface area (Å²) < 4.78 is 57.1. The molecule has 0 aliphatic heterocycles. The number of carbonyl (C=O) groups excluding carboxylic acids is 1. The van der Waals surface area contributed by atoms with Crippen molar-refractivity contribution in [1.29, 1.82) is 0 Å². The number of nitrogens with zero attached hydrogens (tertiary/aromatic N) is 3. The summed E-state index contributed by atoms with van der Waals surface area (Å²) in [5, 5.41) is 3.58. The van der Waals surface area contributed by atoms with Crippen molar-refractivity contribution in [3.05, 3.63) is 53.2 Å². The van der Waals surface area contributed by atoms with Gasteiger partial charge in [-0.3, -0.25) is 9.78 Å². The van der Waals surface area contributed by atoms with Crippen molar-refractivity contribution in [2.75, 3.05) is 18.6 Å². The molecular weight excluding hydrogens is 452 g/mol. The minimum atomic E-state index is -3.95. The molecule has 0 aliphatic rings. The number of aromatic nitrogens is 3. The average Bonchev–Trinajstić information content (AvgIpc) is 2.71. The summed E-state index contributed by atoms with van der Waals surface area (Å²) in [6.07, 6.45) is 1.49. The molecule has 0 saturated heterocycles. The van der Waals surface area contributed by atoms with Gasteiger partial charge in [0.1, 0.15) is 30.0 Å². The highest BCUT2D eigenvalue weighted by Crippen LogP contribution is 2.37.